The lowest BCUT2D eigenvalue weighted by molar-refractivity contribution is -0.122. The number of benzene rings is 3. The zero-order valence-corrected chi connectivity index (χ0v) is 22.2. The Morgan fingerprint density at radius 1 is 1.03 bits per heavy atom. The summed E-state index contributed by atoms with van der Waals surface area (Å²) < 4.78 is 16.6. The highest BCUT2D eigenvalue weighted by atomic mass is 19.1. The molecule has 0 amide bonds. The summed E-state index contributed by atoms with van der Waals surface area (Å²) in [6.45, 7) is 12.0. The van der Waals surface area contributed by atoms with Gasteiger partial charge in [-0.15, -0.1) is 0 Å². The zero-order valence-electron chi connectivity index (χ0n) is 22.2. The molecule has 194 valence electrons. The summed E-state index contributed by atoms with van der Waals surface area (Å²) in [5.74, 6) is 0.291. The van der Waals surface area contributed by atoms with Gasteiger partial charge in [-0.2, -0.15) is 0 Å². The molecule has 0 saturated heterocycles. The van der Waals surface area contributed by atoms with Gasteiger partial charge in [-0.25, -0.2) is 14.2 Å². The Kier molecular flexibility index (Phi) is 6.27. The monoisotopic (exact) mass is 515 g/mol. The molecule has 0 radical (unpaired) electrons. The molecule has 0 saturated carbocycles. The third-order valence-electron chi connectivity index (χ3n) is 8.47. The lowest BCUT2D eigenvalue weighted by atomic mass is 9.58. The van der Waals surface area contributed by atoms with Crippen LogP contribution < -0.4 is 0 Å². The molecule has 0 unspecified atom stereocenters. The molecule has 6 rings (SSSR count). The predicted octanol–water partition coefficient (Wildman–Crippen LogP) is 7.97. The number of allylic oxidation sites excluding steroid dienone is 2. The molecule has 0 bridgehead atoms. The second-order valence-corrected chi connectivity index (χ2v) is 10.8. The first kappa shape index (κ1) is 25.0. The maximum atomic E-state index is 14.5. The smallest absolute Gasteiger partial charge is 0.226 e. The molecular formula is C34H30FN3O. The van der Waals surface area contributed by atoms with Crippen LogP contribution >= 0.6 is 0 Å². The highest BCUT2D eigenvalue weighted by Crippen LogP contribution is 2.52. The highest BCUT2D eigenvalue weighted by molar-refractivity contribution is 6.00. The molecule has 5 heteroatoms. The Balaban J connectivity index is 1.60. The fraction of sp³-hybridized carbons (Fsp3) is 0.265. The van der Waals surface area contributed by atoms with Crippen LogP contribution in [0.2, 0.25) is 0 Å². The number of aromatic nitrogens is 2. The van der Waals surface area contributed by atoms with Crippen LogP contribution in [-0.4, -0.2) is 15.3 Å². The van der Waals surface area contributed by atoms with Crippen molar-refractivity contribution in [2.45, 2.75) is 44.9 Å². The quantitative estimate of drug-likeness (QED) is 0.253. The minimum absolute atomic E-state index is 0.0295. The van der Waals surface area contributed by atoms with Crippen molar-refractivity contribution in [3.05, 3.63) is 119 Å². The largest absolute Gasteiger partial charge is 0.308 e. The molecule has 1 aromatic heterocycles. The van der Waals surface area contributed by atoms with Gasteiger partial charge in [0.15, 0.2) is 5.78 Å². The molecule has 2 aliphatic rings. The first-order valence-electron chi connectivity index (χ1n) is 13.6. The maximum Gasteiger partial charge on any atom is 0.226 e. The van der Waals surface area contributed by atoms with E-state index in [1.807, 2.05) is 42.5 Å². The maximum absolute atomic E-state index is 14.5. The van der Waals surface area contributed by atoms with E-state index in [1.54, 1.807) is 12.1 Å². The van der Waals surface area contributed by atoms with Crippen molar-refractivity contribution in [3.8, 4) is 28.2 Å². The van der Waals surface area contributed by atoms with Crippen molar-refractivity contribution in [1.29, 1.82) is 0 Å². The van der Waals surface area contributed by atoms with Crippen LogP contribution in [-0.2, 0) is 16.6 Å². The number of hydrogen-bond donors (Lipinski definition) is 0. The van der Waals surface area contributed by atoms with Crippen molar-refractivity contribution in [2.24, 2.45) is 11.8 Å². The first-order valence-corrected chi connectivity index (χ1v) is 13.6. The molecule has 39 heavy (non-hydrogen) atoms. The molecule has 1 heterocycles. The van der Waals surface area contributed by atoms with Gasteiger partial charge in [-0.05, 0) is 60.6 Å². The molecule has 0 N–H and O–H groups in total. The third kappa shape index (κ3) is 4.12. The molecule has 4 nitrogen and oxygen atoms in total. The Morgan fingerprint density at radius 3 is 2.51 bits per heavy atom. The summed E-state index contributed by atoms with van der Waals surface area (Å²) >= 11 is 0. The summed E-state index contributed by atoms with van der Waals surface area (Å²) in [7, 11) is 0. The number of carbonyl (C=O) groups is 1. The number of hydrogen-bond acceptors (Lipinski definition) is 2. The predicted molar refractivity (Wildman–Crippen MR) is 152 cm³/mol. The molecule has 2 aliphatic carbocycles. The van der Waals surface area contributed by atoms with Gasteiger partial charge < -0.3 is 4.79 Å². The van der Waals surface area contributed by atoms with Gasteiger partial charge in [0.25, 0.3) is 0 Å². The van der Waals surface area contributed by atoms with Crippen LogP contribution in [0, 0.1) is 24.2 Å². The summed E-state index contributed by atoms with van der Waals surface area (Å²) in [6, 6.07) is 25.1. The van der Waals surface area contributed by atoms with Gasteiger partial charge in [0.05, 0.1) is 18.0 Å². The summed E-state index contributed by atoms with van der Waals surface area (Å²) in [5, 5.41) is 0. The van der Waals surface area contributed by atoms with E-state index in [4.69, 9.17) is 11.6 Å². The van der Waals surface area contributed by atoms with Crippen molar-refractivity contribution in [1.82, 2.24) is 9.55 Å². The number of rotatable bonds is 5. The van der Waals surface area contributed by atoms with Crippen LogP contribution in [0.5, 0.6) is 0 Å². The number of carbonyl (C=O) groups excluding carboxylic acids is 1. The number of fused-ring (bicyclic) bond motifs is 3. The Morgan fingerprint density at radius 2 is 1.77 bits per heavy atom. The minimum atomic E-state index is -0.564. The highest BCUT2D eigenvalue weighted by Gasteiger charge is 2.51. The minimum Gasteiger partial charge on any atom is -0.308 e. The standard InChI is InChI=1S/C34H30FN3O/c1-4-10-27-28-17-18-30-32(34(28,2)21-29(36-3)31(27)39)37-33(38(30)26-16-9-15-25(35)20-26)24-14-8-13-23(19-24)22-11-6-5-7-12-22/h5-9,11-16,19-21,27-28H,4,10,17-18H2,1-2H3/t27-,28-,34-/m1/s1. The van der Waals surface area contributed by atoms with Crippen molar-refractivity contribution in [3.63, 3.8) is 0 Å². The third-order valence-corrected chi connectivity index (χ3v) is 8.47. The average Bonchev–Trinajstić information content (AvgIpc) is 3.36. The van der Waals surface area contributed by atoms with E-state index in [1.165, 1.54) is 6.07 Å². The fourth-order valence-corrected chi connectivity index (χ4v) is 6.69. The van der Waals surface area contributed by atoms with Crippen LogP contribution in [0.3, 0.4) is 0 Å². The summed E-state index contributed by atoms with van der Waals surface area (Å²) in [6.07, 6.45) is 5.05. The van der Waals surface area contributed by atoms with E-state index >= 15 is 0 Å². The van der Waals surface area contributed by atoms with E-state index in [-0.39, 0.29) is 29.1 Å². The lowest BCUT2D eigenvalue weighted by Crippen LogP contribution is -2.46. The van der Waals surface area contributed by atoms with Gasteiger partial charge in [0.2, 0.25) is 5.70 Å². The number of ketones is 1. The van der Waals surface area contributed by atoms with Crippen LogP contribution in [0.4, 0.5) is 4.39 Å². The SMILES string of the molecule is [C-]#[N+]C1=C[C@@]2(C)c3nc(-c4cccc(-c5ccccc5)c4)n(-c4cccc(F)c4)c3CC[C@@H]2[C@@H](CCC)C1=O. The number of Topliss-reactive ketones (excluding diaryl/α,β-unsaturated/α-hetero) is 1. The first-order chi connectivity index (χ1) is 18.9. The van der Waals surface area contributed by atoms with Crippen LogP contribution in [0.15, 0.2) is 90.6 Å². The molecular weight excluding hydrogens is 485 g/mol. The van der Waals surface area contributed by atoms with Crippen molar-refractivity contribution >= 4 is 5.78 Å². The Bertz CT molecular complexity index is 1640. The van der Waals surface area contributed by atoms with Crippen molar-refractivity contribution < 1.29 is 9.18 Å². The lowest BCUT2D eigenvalue weighted by Gasteiger charge is -2.45. The molecule has 0 spiro atoms. The van der Waals surface area contributed by atoms with Gasteiger partial charge in [-0.1, -0.05) is 80.9 Å². The Labute approximate surface area is 228 Å². The van der Waals surface area contributed by atoms with Gasteiger partial charge in [0.1, 0.15) is 11.6 Å². The van der Waals surface area contributed by atoms with Gasteiger partial charge >= 0.3 is 0 Å². The molecule has 0 fully saturated rings. The fourth-order valence-electron chi connectivity index (χ4n) is 6.69. The van der Waals surface area contributed by atoms with E-state index in [9.17, 15) is 9.18 Å². The number of nitrogens with zero attached hydrogens (tertiary/aromatic N) is 3. The normalized spacial score (nSPS) is 22.0. The van der Waals surface area contributed by atoms with E-state index in [2.05, 4.69) is 47.5 Å². The second-order valence-electron chi connectivity index (χ2n) is 10.8. The number of imidazole rings is 1. The van der Waals surface area contributed by atoms with Crippen LogP contribution in [0.1, 0.15) is 44.5 Å². The zero-order chi connectivity index (χ0) is 27.1. The molecule has 4 aromatic rings. The number of halogens is 1. The van der Waals surface area contributed by atoms with Crippen molar-refractivity contribution in [2.75, 3.05) is 0 Å². The Hall–Kier alpha value is -4.30. The molecule has 3 aromatic carbocycles. The molecule has 0 aliphatic heterocycles. The van der Waals surface area contributed by atoms with Crippen LogP contribution in [0.25, 0.3) is 33.0 Å². The topological polar surface area (TPSA) is 39.2 Å². The molecule has 3 atom stereocenters. The van der Waals surface area contributed by atoms with E-state index < -0.39 is 5.41 Å². The van der Waals surface area contributed by atoms with Gasteiger partial charge in [-0.3, -0.25) is 4.57 Å². The second kappa shape index (κ2) is 9.78. The summed E-state index contributed by atoms with van der Waals surface area (Å²) in [5.41, 5.74) is 5.39. The van der Waals surface area contributed by atoms with E-state index in [0.29, 0.717) is 0 Å². The van der Waals surface area contributed by atoms with Gasteiger partial charge in [0, 0.05) is 22.6 Å². The van der Waals surface area contributed by atoms with E-state index in [0.717, 1.165) is 65.3 Å². The summed E-state index contributed by atoms with van der Waals surface area (Å²) in [4.78, 5) is 22.2. The average molecular weight is 516 g/mol.